The van der Waals surface area contributed by atoms with Gasteiger partial charge in [0.15, 0.2) is 0 Å². The molecule has 2 nitrogen and oxygen atoms in total. The molecule has 0 radical (unpaired) electrons. The van der Waals surface area contributed by atoms with Crippen LogP contribution in [0, 0.1) is 0 Å². The summed E-state index contributed by atoms with van der Waals surface area (Å²) in [5.74, 6) is 0. The maximum Gasteiger partial charge on any atom is 0.0701 e. The standard InChI is InChI=1S/C5H10BrNO/c6-7-4-2-1-3-5(4)8/h4-5,7-8H,1-3H2/t4-,5-/m1/s1. The largest absolute Gasteiger partial charge is 0.391 e. The predicted octanol–water partition coefficient (Wildman–Crippen LogP) is 0.799. The molecule has 0 aromatic rings. The molecule has 0 unspecified atom stereocenters. The maximum absolute atomic E-state index is 9.10. The van der Waals surface area contributed by atoms with E-state index in [1.165, 1.54) is 0 Å². The van der Waals surface area contributed by atoms with E-state index in [1.807, 2.05) is 0 Å². The molecule has 1 aliphatic carbocycles. The van der Waals surface area contributed by atoms with Crippen LogP contribution in [-0.2, 0) is 0 Å². The number of aliphatic hydroxyl groups is 1. The van der Waals surface area contributed by atoms with Crippen molar-refractivity contribution >= 4 is 16.1 Å². The lowest BCUT2D eigenvalue weighted by Crippen LogP contribution is -2.28. The number of rotatable bonds is 1. The van der Waals surface area contributed by atoms with Gasteiger partial charge in [0.25, 0.3) is 0 Å². The van der Waals surface area contributed by atoms with Gasteiger partial charge < -0.3 is 5.11 Å². The third-order valence-corrected chi connectivity index (χ3v) is 2.21. The molecule has 1 rings (SSSR count). The Morgan fingerprint density at radius 2 is 2.25 bits per heavy atom. The van der Waals surface area contributed by atoms with Gasteiger partial charge in [0.2, 0.25) is 0 Å². The zero-order valence-electron chi connectivity index (χ0n) is 4.60. The Morgan fingerprint density at radius 3 is 2.50 bits per heavy atom. The summed E-state index contributed by atoms with van der Waals surface area (Å²) in [5, 5.41) is 9.10. The fourth-order valence-corrected chi connectivity index (χ4v) is 1.60. The third-order valence-electron chi connectivity index (χ3n) is 1.62. The average Bonchev–Trinajstić information content (AvgIpc) is 2.14. The summed E-state index contributed by atoms with van der Waals surface area (Å²) in [7, 11) is 0. The third kappa shape index (κ3) is 1.21. The monoisotopic (exact) mass is 179 g/mol. The second-order valence-corrected chi connectivity index (χ2v) is 2.67. The van der Waals surface area contributed by atoms with Crippen LogP contribution < -0.4 is 4.34 Å². The second-order valence-electron chi connectivity index (χ2n) is 2.21. The van der Waals surface area contributed by atoms with Crippen molar-refractivity contribution in [1.82, 2.24) is 4.34 Å². The first kappa shape index (κ1) is 6.52. The average molecular weight is 180 g/mol. The molecule has 0 amide bonds. The van der Waals surface area contributed by atoms with Gasteiger partial charge >= 0.3 is 0 Å². The van der Waals surface area contributed by atoms with Crippen LogP contribution in [0.1, 0.15) is 19.3 Å². The fraction of sp³-hybridized carbons (Fsp3) is 1.00. The first-order valence-corrected chi connectivity index (χ1v) is 3.68. The van der Waals surface area contributed by atoms with Crippen molar-refractivity contribution in [2.75, 3.05) is 0 Å². The zero-order chi connectivity index (χ0) is 5.98. The van der Waals surface area contributed by atoms with Crippen LogP contribution in [0.5, 0.6) is 0 Å². The minimum absolute atomic E-state index is 0.130. The molecule has 0 heterocycles. The SMILES string of the molecule is O[C@@H]1CCC[C@H]1NBr. The lowest BCUT2D eigenvalue weighted by atomic mass is 10.2. The number of halogens is 1. The molecule has 2 N–H and O–H groups in total. The molecular weight excluding hydrogens is 170 g/mol. The molecule has 0 bridgehead atoms. The molecule has 0 aromatic heterocycles. The van der Waals surface area contributed by atoms with Crippen LogP contribution >= 0.6 is 16.1 Å². The molecule has 0 aliphatic heterocycles. The van der Waals surface area contributed by atoms with Crippen molar-refractivity contribution in [3.8, 4) is 0 Å². The van der Waals surface area contributed by atoms with E-state index in [4.69, 9.17) is 5.11 Å². The predicted molar refractivity (Wildman–Crippen MR) is 35.7 cm³/mol. The Balaban J connectivity index is 2.30. The lowest BCUT2D eigenvalue weighted by Gasteiger charge is -2.09. The number of hydrogen-bond acceptors (Lipinski definition) is 2. The smallest absolute Gasteiger partial charge is 0.0701 e. The summed E-state index contributed by atoms with van der Waals surface area (Å²) in [6, 6.07) is 0.287. The quantitative estimate of drug-likeness (QED) is 0.585. The van der Waals surface area contributed by atoms with Crippen molar-refractivity contribution in [3.05, 3.63) is 0 Å². The minimum Gasteiger partial charge on any atom is -0.391 e. The fourth-order valence-electron chi connectivity index (χ4n) is 1.07. The second kappa shape index (κ2) is 2.80. The van der Waals surface area contributed by atoms with Crippen molar-refractivity contribution in [2.24, 2.45) is 0 Å². The maximum atomic E-state index is 9.10. The summed E-state index contributed by atoms with van der Waals surface area (Å²) >= 11 is 3.11. The molecule has 48 valence electrons. The van der Waals surface area contributed by atoms with Gasteiger partial charge in [-0.15, -0.1) is 0 Å². The van der Waals surface area contributed by atoms with Gasteiger partial charge in [-0.05, 0) is 19.3 Å². The highest BCUT2D eigenvalue weighted by Gasteiger charge is 2.23. The molecule has 3 heteroatoms. The van der Waals surface area contributed by atoms with Gasteiger partial charge in [-0.3, -0.25) is 4.34 Å². The molecule has 0 spiro atoms. The van der Waals surface area contributed by atoms with E-state index < -0.39 is 0 Å². The van der Waals surface area contributed by atoms with E-state index in [9.17, 15) is 0 Å². The number of nitrogens with one attached hydrogen (secondary N) is 1. The van der Waals surface area contributed by atoms with Gasteiger partial charge in [0.05, 0.1) is 6.10 Å². The van der Waals surface area contributed by atoms with Crippen LogP contribution in [0.4, 0.5) is 0 Å². The summed E-state index contributed by atoms with van der Waals surface area (Å²) in [5.41, 5.74) is 0. The highest BCUT2D eigenvalue weighted by molar-refractivity contribution is 9.08. The van der Waals surface area contributed by atoms with E-state index in [0.717, 1.165) is 19.3 Å². The van der Waals surface area contributed by atoms with E-state index in [2.05, 4.69) is 20.5 Å². The molecule has 1 saturated carbocycles. The van der Waals surface area contributed by atoms with Crippen LogP contribution in [0.3, 0.4) is 0 Å². The highest BCUT2D eigenvalue weighted by Crippen LogP contribution is 2.18. The summed E-state index contributed by atoms with van der Waals surface area (Å²) in [4.78, 5) is 0. The van der Waals surface area contributed by atoms with Crippen LogP contribution in [0.2, 0.25) is 0 Å². The van der Waals surface area contributed by atoms with Crippen molar-refractivity contribution < 1.29 is 5.11 Å². The highest BCUT2D eigenvalue weighted by atomic mass is 79.9. The summed E-state index contributed by atoms with van der Waals surface area (Å²) < 4.78 is 2.88. The molecule has 0 saturated heterocycles. The Hall–Kier alpha value is 0.400. The van der Waals surface area contributed by atoms with E-state index in [-0.39, 0.29) is 12.1 Å². The van der Waals surface area contributed by atoms with Gasteiger partial charge in [-0.2, -0.15) is 0 Å². The van der Waals surface area contributed by atoms with Crippen LogP contribution in [0.25, 0.3) is 0 Å². The topological polar surface area (TPSA) is 32.3 Å². The van der Waals surface area contributed by atoms with Crippen molar-refractivity contribution in [2.45, 2.75) is 31.4 Å². The van der Waals surface area contributed by atoms with Gasteiger partial charge in [-0.1, -0.05) is 0 Å². The molecule has 1 aliphatic rings. The zero-order valence-corrected chi connectivity index (χ0v) is 6.19. The van der Waals surface area contributed by atoms with Gasteiger partial charge in [0.1, 0.15) is 0 Å². The van der Waals surface area contributed by atoms with E-state index >= 15 is 0 Å². The van der Waals surface area contributed by atoms with Gasteiger partial charge in [-0.25, -0.2) is 0 Å². The first-order valence-electron chi connectivity index (χ1n) is 2.89. The molecular formula is C5H10BrNO. The Bertz CT molecular complexity index is 78.8. The van der Waals surface area contributed by atoms with Crippen LogP contribution in [-0.4, -0.2) is 17.3 Å². The van der Waals surface area contributed by atoms with Crippen molar-refractivity contribution in [3.63, 3.8) is 0 Å². The lowest BCUT2D eigenvalue weighted by molar-refractivity contribution is 0.161. The number of aliphatic hydroxyl groups excluding tert-OH is 1. The molecule has 8 heavy (non-hydrogen) atoms. The molecule has 0 aromatic carbocycles. The Labute approximate surface area is 57.6 Å². The molecule has 2 atom stereocenters. The summed E-state index contributed by atoms with van der Waals surface area (Å²) in [6.45, 7) is 0. The van der Waals surface area contributed by atoms with Crippen molar-refractivity contribution in [1.29, 1.82) is 0 Å². The van der Waals surface area contributed by atoms with E-state index in [1.54, 1.807) is 0 Å². The summed E-state index contributed by atoms with van der Waals surface area (Å²) in [6.07, 6.45) is 3.05. The molecule has 1 fully saturated rings. The minimum atomic E-state index is -0.130. The van der Waals surface area contributed by atoms with E-state index in [0.29, 0.717) is 0 Å². The Kier molecular flexibility index (Phi) is 2.28. The number of hydrogen-bond donors (Lipinski definition) is 2. The van der Waals surface area contributed by atoms with Crippen LogP contribution in [0.15, 0.2) is 0 Å². The first-order chi connectivity index (χ1) is 3.84. The Morgan fingerprint density at radius 1 is 1.50 bits per heavy atom. The normalized spacial score (nSPS) is 38.2. The van der Waals surface area contributed by atoms with Gasteiger partial charge in [0, 0.05) is 22.2 Å².